The molecule has 156 valence electrons. The van der Waals surface area contributed by atoms with E-state index in [-0.39, 0.29) is 24.6 Å². The summed E-state index contributed by atoms with van der Waals surface area (Å²) in [4.78, 5) is 30.1. The smallest absolute Gasteiger partial charge is 0.266 e. The number of halogens is 1. The fourth-order valence-electron chi connectivity index (χ4n) is 3.08. The molecule has 0 aliphatic rings. The number of hydrogen-bond acceptors (Lipinski definition) is 5. The Bertz CT molecular complexity index is 1280. The van der Waals surface area contributed by atoms with Crippen LogP contribution in [-0.2, 0) is 6.54 Å². The van der Waals surface area contributed by atoms with Gasteiger partial charge in [-0.15, -0.1) is 11.3 Å². The molecule has 0 saturated heterocycles. The van der Waals surface area contributed by atoms with Gasteiger partial charge in [-0.25, -0.2) is 9.67 Å². The lowest BCUT2D eigenvalue weighted by Gasteiger charge is -2.08. The first-order chi connectivity index (χ1) is 15.0. The zero-order valence-electron chi connectivity index (χ0n) is 16.7. The van der Waals surface area contributed by atoms with Gasteiger partial charge in [0.25, 0.3) is 11.5 Å². The summed E-state index contributed by atoms with van der Waals surface area (Å²) in [6, 6.07) is 19.8. The van der Waals surface area contributed by atoms with Gasteiger partial charge in [-0.1, -0.05) is 48.0 Å². The number of nitrogens with one attached hydrogen (secondary N) is 1. The third-order valence-corrected chi connectivity index (χ3v) is 6.08. The van der Waals surface area contributed by atoms with Gasteiger partial charge >= 0.3 is 0 Å². The van der Waals surface area contributed by atoms with Crippen LogP contribution in [0.25, 0.3) is 21.1 Å². The van der Waals surface area contributed by atoms with Crippen molar-refractivity contribution in [2.45, 2.75) is 13.5 Å². The van der Waals surface area contributed by atoms with E-state index in [1.165, 1.54) is 22.1 Å². The monoisotopic (exact) mass is 450 g/mol. The summed E-state index contributed by atoms with van der Waals surface area (Å²) < 4.78 is 1.36. The Morgan fingerprint density at radius 1 is 1.10 bits per heavy atom. The minimum Gasteiger partial charge on any atom is -0.350 e. The van der Waals surface area contributed by atoms with Crippen molar-refractivity contribution in [3.8, 4) is 21.1 Å². The minimum absolute atomic E-state index is 0.230. The Labute approximate surface area is 188 Å². The topological polar surface area (TPSA) is 76.9 Å². The SMILES string of the molecule is Cc1nc(-c2ccccc2)sc1-c1ccc(=O)n(CCNC(=O)c2cccc(Cl)c2)n1. The molecule has 1 amide bonds. The highest BCUT2D eigenvalue weighted by Gasteiger charge is 2.14. The Morgan fingerprint density at radius 3 is 2.68 bits per heavy atom. The van der Waals surface area contributed by atoms with Gasteiger partial charge in [0.05, 0.1) is 17.1 Å². The maximum Gasteiger partial charge on any atom is 0.266 e. The van der Waals surface area contributed by atoms with Crippen molar-refractivity contribution < 1.29 is 4.79 Å². The largest absolute Gasteiger partial charge is 0.350 e. The predicted octanol–water partition coefficient (Wildman–Crippen LogP) is 4.43. The molecule has 0 atom stereocenters. The van der Waals surface area contributed by atoms with Crippen LogP contribution in [0.3, 0.4) is 0 Å². The van der Waals surface area contributed by atoms with Gasteiger partial charge in [-0.05, 0) is 31.2 Å². The molecule has 6 nitrogen and oxygen atoms in total. The Kier molecular flexibility index (Phi) is 6.25. The molecule has 0 saturated carbocycles. The molecule has 4 aromatic rings. The van der Waals surface area contributed by atoms with Crippen LogP contribution >= 0.6 is 22.9 Å². The number of rotatable bonds is 6. The normalized spacial score (nSPS) is 10.8. The average molecular weight is 451 g/mol. The minimum atomic E-state index is -0.252. The summed E-state index contributed by atoms with van der Waals surface area (Å²) in [5, 5.41) is 8.68. The molecule has 0 aliphatic heterocycles. The molecular formula is C23H19ClN4O2S. The molecule has 1 N–H and O–H groups in total. The summed E-state index contributed by atoms with van der Waals surface area (Å²) in [5.74, 6) is -0.252. The predicted molar refractivity (Wildman–Crippen MR) is 124 cm³/mol. The molecule has 31 heavy (non-hydrogen) atoms. The third kappa shape index (κ3) is 4.90. The highest BCUT2D eigenvalue weighted by atomic mass is 35.5. The van der Waals surface area contributed by atoms with E-state index in [4.69, 9.17) is 11.6 Å². The highest BCUT2D eigenvalue weighted by Crippen LogP contribution is 2.33. The number of carbonyl (C=O) groups excluding carboxylic acids is 1. The molecular weight excluding hydrogens is 432 g/mol. The third-order valence-electron chi connectivity index (χ3n) is 4.61. The number of aromatic nitrogens is 3. The molecule has 2 heterocycles. The van der Waals surface area contributed by atoms with E-state index in [1.807, 2.05) is 37.3 Å². The molecule has 0 spiro atoms. The quantitative estimate of drug-likeness (QED) is 0.471. The second-order valence-electron chi connectivity index (χ2n) is 6.85. The molecule has 0 fully saturated rings. The lowest BCUT2D eigenvalue weighted by molar-refractivity contribution is 0.0951. The van der Waals surface area contributed by atoms with E-state index in [9.17, 15) is 9.59 Å². The second-order valence-corrected chi connectivity index (χ2v) is 8.28. The van der Waals surface area contributed by atoms with Gasteiger partial charge in [0.2, 0.25) is 0 Å². The van der Waals surface area contributed by atoms with Crippen LogP contribution in [-0.4, -0.2) is 27.2 Å². The molecule has 0 aliphatic carbocycles. The van der Waals surface area contributed by atoms with E-state index >= 15 is 0 Å². The number of nitrogens with zero attached hydrogens (tertiary/aromatic N) is 3. The first-order valence-corrected chi connectivity index (χ1v) is 10.9. The molecule has 4 rings (SSSR count). The van der Waals surface area contributed by atoms with Crippen LogP contribution in [0.5, 0.6) is 0 Å². The Hall–Kier alpha value is -3.29. The maximum absolute atomic E-state index is 12.3. The first kappa shape index (κ1) is 21.0. The lowest BCUT2D eigenvalue weighted by Crippen LogP contribution is -2.31. The zero-order valence-corrected chi connectivity index (χ0v) is 18.3. The molecule has 0 radical (unpaired) electrons. The average Bonchev–Trinajstić information content (AvgIpc) is 3.17. The van der Waals surface area contributed by atoms with E-state index in [1.54, 1.807) is 30.3 Å². The van der Waals surface area contributed by atoms with Crippen LogP contribution in [0.15, 0.2) is 71.5 Å². The number of thiazole rings is 1. The van der Waals surface area contributed by atoms with Gasteiger partial charge in [-0.2, -0.15) is 5.10 Å². The number of aryl methyl sites for hydroxylation is 1. The van der Waals surface area contributed by atoms with Crippen LogP contribution in [0.4, 0.5) is 0 Å². The lowest BCUT2D eigenvalue weighted by atomic mass is 10.2. The van der Waals surface area contributed by atoms with Crippen LogP contribution in [0.1, 0.15) is 16.1 Å². The summed E-state index contributed by atoms with van der Waals surface area (Å²) in [5.41, 5.74) is 2.81. The van der Waals surface area contributed by atoms with Crippen LogP contribution in [0, 0.1) is 6.92 Å². The van der Waals surface area contributed by atoms with Crippen LogP contribution < -0.4 is 10.9 Å². The van der Waals surface area contributed by atoms with Gasteiger partial charge in [0.1, 0.15) is 10.7 Å². The number of benzene rings is 2. The van der Waals surface area contributed by atoms with Gasteiger partial charge < -0.3 is 5.32 Å². The number of amides is 1. The molecule has 2 aromatic carbocycles. The summed E-state index contributed by atoms with van der Waals surface area (Å²) in [7, 11) is 0. The van der Waals surface area contributed by atoms with Crippen molar-refractivity contribution in [2.75, 3.05) is 6.54 Å². The van der Waals surface area contributed by atoms with Crippen molar-refractivity contribution in [1.82, 2.24) is 20.1 Å². The van der Waals surface area contributed by atoms with E-state index in [2.05, 4.69) is 15.4 Å². The van der Waals surface area contributed by atoms with Crippen molar-refractivity contribution in [3.05, 3.63) is 93.4 Å². The van der Waals surface area contributed by atoms with Crippen molar-refractivity contribution in [2.24, 2.45) is 0 Å². The zero-order chi connectivity index (χ0) is 21.8. The van der Waals surface area contributed by atoms with Crippen molar-refractivity contribution in [3.63, 3.8) is 0 Å². The summed E-state index contributed by atoms with van der Waals surface area (Å²) >= 11 is 7.47. The first-order valence-electron chi connectivity index (χ1n) is 9.66. The van der Waals surface area contributed by atoms with Gasteiger partial charge in [0.15, 0.2) is 0 Å². The van der Waals surface area contributed by atoms with Crippen molar-refractivity contribution in [1.29, 1.82) is 0 Å². The van der Waals surface area contributed by atoms with Crippen LogP contribution in [0.2, 0.25) is 5.02 Å². The van der Waals surface area contributed by atoms with Crippen molar-refractivity contribution >= 4 is 28.8 Å². The standard InChI is InChI=1S/C23H19ClN4O2S/c1-15-21(31-23(26-15)16-6-3-2-4-7-16)19-10-11-20(29)28(27-19)13-12-25-22(30)17-8-5-9-18(24)14-17/h2-11,14H,12-13H2,1H3,(H,25,30). The molecule has 2 aromatic heterocycles. The summed E-state index contributed by atoms with van der Waals surface area (Å²) in [6.45, 7) is 2.45. The molecule has 0 unspecified atom stereocenters. The van der Waals surface area contributed by atoms with E-state index in [0.29, 0.717) is 16.3 Å². The Morgan fingerprint density at radius 2 is 1.90 bits per heavy atom. The second kappa shape index (κ2) is 9.24. The number of hydrogen-bond donors (Lipinski definition) is 1. The van der Waals surface area contributed by atoms with Gasteiger partial charge in [-0.3, -0.25) is 9.59 Å². The molecule has 0 bridgehead atoms. The van der Waals surface area contributed by atoms with Gasteiger partial charge in [0, 0.05) is 28.8 Å². The Balaban J connectivity index is 1.50. The van der Waals surface area contributed by atoms with E-state index < -0.39 is 0 Å². The fraction of sp³-hybridized carbons (Fsp3) is 0.130. The summed E-state index contributed by atoms with van der Waals surface area (Å²) in [6.07, 6.45) is 0. The fourth-order valence-corrected chi connectivity index (χ4v) is 4.30. The maximum atomic E-state index is 12.3. The van der Waals surface area contributed by atoms with E-state index in [0.717, 1.165) is 21.1 Å². The molecule has 8 heteroatoms. The number of carbonyl (C=O) groups is 1. The highest BCUT2D eigenvalue weighted by molar-refractivity contribution is 7.18.